The number of rotatable bonds is 2. The molecule has 0 heterocycles. The number of hydrogen-bond donors (Lipinski definition) is 0. The minimum absolute atomic E-state index is 0. The van der Waals surface area contributed by atoms with Crippen LogP contribution in [0.1, 0.15) is 64.5 Å². The molecule has 0 atom stereocenters. The molecule has 0 spiro atoms. The molecule has 4 aromatic rings. The van der Waals surface area contributed by atoms with Crippen LogP contribution < -0.4 is 24.8 Å². The Kier molecular flexibility index (Phi) is 13.7. The van der Waals surface area contributed by atoms with E-state index in [2.05, 4.69) is 114 Å². The average Bonchev–Trinajstić information content (AvgIpc) is 3.26. The monoisotopic (exact) mass is 516 g/mol. The van der Waals surface area contributed by atoms with E-state index in [1.165, 1.54) is 35.9 Å². The molecule has 0 amide bonds. The second-order valence-corrected chi connectivity index (χ2v) is 10.5. The summed E-state index contributed by atoms with van der Waals surface area (Å²) in [5.41, 5.74) is 2.93. The van der Waals surface area contributed by atoms with Gasteiger partial charge in [0.25, 0.3) is 0 Å². The number of benzene rings is 2. The minimum Gasteiger partial charge on any atom is -1.00 e. The predicted molar refractivity (Wildman–Crippen MR) is 124 cm³/mol. The molecule has 160 valence electrons. The summed E-state index contributed by atoms with van der Waals surface area (Å²) >= 11 is 1.55. The number of halogens is 2. The molecule has 0 nitrogen and oxygen atoms in total. The van der Waals surface area contributed by atoms with E-state index in [4.69, 9.17) is 0 Å². The van der Waals surface area contributed by atoms with Crippen LogP contribution in [0.25, 0.3) is 21.5 Å². The van der Waals surface area contributed by atoms with Crippen molar-refractivity contribution in [2.45, 2.75) is 53.4 Å². The van der Waals surface area contributed by atoms with Gasteiger partial charge < -0.3 is 24.8 Å². The van der Waals surface area contributed by atoms with Gasteiger partial charge in [-0.3, -0.25) is 0 Å². The van der Waals surface area contributed by atoms with Gasteiger partial charge in [0.1, 0.15) is 0 Å². The van der Waals surface area contributed by atoms with Gasteiger partial charge in [-0.25, -0.2) is 0 Å². The standard InChI is InChI=1S/2C12H13.C3H6.2ClH.Zr/c2*1-9(2)11-8-7-10-5-3-4-6-12(10)11;1-3-2;;;/h2*3-9H,1-2H3;1-2H3;2*1H;/q2*-1;;;;+2/p-2. The van der Waals surface area contributed by atoms with E-state index < -0.39 is 0 Å². The van der Waals surface area contributed by atoms with E-state index in [0.29, 0.717) is 11.8 Å². The first-order chi connectivity index (χ1) is 13.3. The van der Waals surface area contributed by atoms with Crippen LogP contribution in [0.4, 0.5) is 0 Å². The van der Waals surface area contributed by atoms with Gasteiger partial charge in [0.15, 0.2) is 0 Å². The van der Waals surface area contributed by atoms with Gasteiger partial charge in [-0.15, -0.1) is 82.2 Å². The van der Waals surface area contributed by atoms with Gasteiger partial charge in [0, 0.05) is 0 Å². The summed E-state index contributed by atoms with van der Waals surface area (Å²) in [5.74, 6) is 1.26. The molecule has 4 aromatic carbocycles. The second kappa shape index (κ2) is 14.1. The Bertz CT molecular complexity index is 939. The normalized spacial score (nSPS) is 9.93. The van der Waals surface area contributed by atoms with E-state index in [9.17, 15) is 0 Å². The molecule has 0 fully saturated rings. The first-order valence-corrected chi connectivity index (χ1v) is 11.3. The molecule has 0 aliphatic carbocycles. The molecule has 0 saturated carbocycles. The first-order valence-electron chi connectivity index (χ1n) is 10.1. The molecule has 4 rings (SSSR count). The first kappa shape index (κ1) is 29.0. The molecular weight excluding hydrogens is 486 g/mol. The van der Waals surface area contributed by atoms with Crippen LogP contribution in [0.5, 0.6) is 0 Å². The molecule has 0 unspecified atom stereocenters. The third-order valence-electron chi connectivity index (χ3n) is 4.67. The molecule has 0 radical (unpaired) electrons. The van der Waals surface area contributed by atoms with Crippen molar-refractivity contribution in [2.75, 3.05) is 0 Å². The third kappa shape index (κ3) is 8.26. The number of hydrogen-bond acceptors (Lipinski definition) is 0. The van der Waals surface area contributed by atoms with Crippen molar-refractivity contribution in [2.24, 2.45) is 0 Å². The van der Waals surface area contributed by atoms with Crippen molar-refractivity contribution in [1.29, 1.82) is 0 Å². The fraction of sp³-hybridized carbons (Fsp3) is 0.296. The quantitative estimate of drug-likeness (QED) is 0.357. The van der Waals surface area contributed by atoms with Gasteiger partial charge in [-0.05, 0) is 0 Å². The van der Waals surface area contributed by atoms with E-state index >= 15 is 0 Å². The van der Waals surface area contributed by atoms with Crippen molar-refractivity contribution in [3.8, 4) is 0 Å². The van der Waals surface area contributed by atoms with Gasteiger partial charge in [0.05, 0.1) is 0 Å². The van der Waals surface area contributed by atoms with Crippen molar-refractivity contribution in [1.82, 2.24) is 0 Å². The maximum atomic E-state index is 2.24. The summed E-state index contributed by atoms with van der Waals surface area (Å²) in [4.78, 5) is 0. The maximum Gasteiger partial charge on any atom is -1.00 e. The Morgan fingerprint density at radius 3 is 1.27 bits per heavy atom. The molecule has 0 aromatic heterocycles. The average molecular weight is 519 g/mol. The smallest absolute Gasteiger partial charge is 1.00 e. The number of fused-ring (bicyclic) bond motifs is 2. The van der Waals surface area contributed by atoms with Crippen LogP contribution in [0.3, 0.4) is 0 Å². The Morgan fingerprint density at radius 2 is 0.967 bits per heavy atom. The summed E-state index contributed by atoms with van der Waals surface area (Å²) in [6.45, 7) is 13.2. The Balaban J connectivity index is 0.000000452. The van der Waals surface area contributed by atoms with Crippen LogP contribution in [-0.2, 0) is 24.2 Å². The zero-order valence-electron chi connectivity index (χ0n) is 18.8. The fourth-order valence-corrected chi connectivity index (χ4v) is 3.36. The molecule has 30 heavy (non-hydrogen) atoms. The van der Waals surface area contributed by atoms with Crippen molar-refractivity contribution < 1.29 is 49.0 Å². The summed E-state index contributed by atoms with van der Waals surface area (Å²) in [7, 11) is 0. The Hall–Kier alpha value is -1.01. The van der Waals surface area contributed by atoms with Gasteiger partial charge in [-0.2, -0.15) is 11.1 Å². The van der Waals surface area contributed by atoms with E-state index in [1.54, 1.807) is 24.2 Å². The zero-order chi connectivity index (χ0) is 20.7. The van der Waals surface area contributed by atoms with Crippen LogP contribution >= 0.6 is 0 Å². The van der Waals surface area contributed by atoms with Crippen LogP contribution in [0, 0.1) is 0 Å². The van der Waals surface area contributed by atoms with Crippen molar-refractivity contribution >= 4 is 24.8 Å². The van der Waals surface area contributed by atoms with Crippen LogP contribution in [-0.4, -0.2) is 3.21 Å². The minimum atomic E-state index is 0. The van der Waals surface area contributed by atoms with Crippen molar-refractivity contribution in [3.63, 3.8) is 0 Å². The van der Waals surface area contributed by atoms with Crippen LogP contribution in [0.15, 0.2) is 72.8 Å². The van der Waals surface area contributed by atoms with Crippen LogP contribution in [0.2, 0.25) is 0 Å². The molecule has 0 bridgehead atoms. The molecule has 0 aliphatic rings. The molecule has 0 saturated heterocycles. The van der Waals surface area contributed by atoms with Gasteiger partial charge in [0.2, 0.25) is 0 Å². The fourth-order valence-electron chi connectivity index (χ4n) is 3.36. The predicted octanol–water partition coefficient (Wildman–Crippen LogP) is 2.12. The summed E-state index contributed by atoms with van der Waals surface area (Å²) in [6.07, 6.45) is 0. The van der Waals surface area contributed by atoms with Crippen molar-refractivity contribution in [3.05, 3.63) is 83.9 Å². The van der Waals surface area contributed by atoms with Gasteiger partial charge in [-0.1, -0.05) is 51.7 Å². The summed E-state index contributed by atoms with van der Waals surface area (Å²) in [6, 6.07) is 26.0. The molecule has 3 heteroatoms. The van der Waals surface area contributed by atoms with Gasteiger partial charge >= 0.3 is 41.3 Å². The summed E-state index contributed by atoms with van der Waals surface area (Å²) < 4.78 is 1.51. The second-order valence-electron chi connectivity index (χ2n) is 8.06. The molecular formula is C27H32Cl2Zr-2. The topological polar surface area (TPSA) is 0 Å². The zero-order valence-corrected chi connectivity index (χ0v) is 22.8. The third-order valence-corrected chi connectivity index (χ3v) is 4.67. The van der Waals surface area contributed by atoms with E-state index in [1.807, 2.05) is 0 Å². The van der Waals surface area contributed by atoms with E-state index in [-0.39, 0.29) is 24.8 Å². The Labute approximate surface area is 209 Å². The summed E-state index contributed by atoms with van der Waals surface area (Å²) in [5, 5.41) is 5.54. The maximum absolute atomic E-state index is 2.24. The van der Waals surface area contributed by atoms with E-state index in [0.717, 1.165) is 0 Å². The largest absolute Gasteiger partial charge is 1.00 e. The SMILES string of the molecule is CC(C)c1c[cH-]c2ccccc12.CC(C)c1c[cH-]c2ccccc12.C[C](C)=[Zr+2].[Cl-].[Cl-]. The molecule has 0 aliphatic heterocycles. The Morgan fingerprint density at radius 1 is 0.667 bits per heavy atom. The molecule has 0 N–H and O–H groups in total.